The number of guanidine groups is 1. The van der Waals surface area contributed by atoms with Crippen molar-refractivity contribution < 1.29 is 4.79 Å². The standard InChI is InChI=1S/C11H22N4O/c1-4-13-10(15-8-5-6-8)14-7-11(2,3)9(12)16/h8H,4-7H2,1-3H3,(H2,12,16)(H2,13,14,15). The van der Waals surface area contributed by atoms with E-state index in [0.717, 1.165) is 12.5 Å². The second-order valence-electron chi connectivity index (χ2n) is 4.86. The van der Waals surface area contributed by atoms with E-state index in [-0.39, 0.29) is 5.91 Å². The van der Waals surface area contributed by atoms with Crippen LogP contribution < -0.4 is 16.4 Å². The van der Waals surface area contributed by atoms with E-state index in [1.807, 2.05) is 6.92 Å². The third-order valence-electron chi connectivity index (χ3n) is 2.56. The van der Waals surface area contributed by atoms with E-state index in [1.54, 1.807) is 13.8 Å². The Morgan fingerprint density at radius 1 is 1.50 bits per heavy atom. The van der Waals surface area contributed by atoms with Crippen LogP contribution >= 0.6 is 0 Å². The molecule has 0 aromatic rings. The van der Waals surface area contributed by atoms with Gasteiger partial charge >= 0.3 is 0 Å². The average molecular weight is 226 g/mol. The largest absolute Gasteiger partial charge is 0.369 e. The fourth-order valence-corrected chi connectivity index (χ4v) is 1.10. The minimum atomic E-state index is -0.591. The van der Waals surface area contributed by atoms with Crippen LogP contribution in [0.1, 0.15) is 33.6 Å². The second kappa shape index (κ2) is 5.18. The topological polar surface area (TPSA) is 79.5 Å². The first kappa shape index (κ1) is 12.8. The van der Waals surface area contributed by atoms with Crippen molar-refractivity contribution in [3.05, 3.63) is 0 Å². The zero-order chi connectivity index (χ0) is 12.2. The molecular formula is C11H22N4O. The van der Waals surface area contributed by atoms with Crippen LogP contribution in [0.5, 0.6) is 0 Å². The summed E-state index contributed by atoms with van der Waals surface area (Å²) in [6.07, 6.45) is 2.40. The van der Waals surface area contributed by atoms with Gasteiger partial charge in [-0.05, 0) is 33.6 Å². The van der Waals surface area contributed by atoms with Gasteiger partial charge in [0.1, 0.15) is 0 Å². The monoisotopic (exact) mass is 226 g/mol. The number of nitrogens with two attached hydrogens (primary N) is 1. The SMILES string of the molecule is CCNC(=NCC(C)(C)C(N)=O)NC1CC1. The molecule has 0 aliphatic heterocycles. The number of amides is 1. The molecule has 0 aromatic heterocycles. The lowest BCUT2D eigenvalue weighted by atomic mass is 9.93. The van der Waals surface area contributed by atoms with Crippen molar-refractivity contribution >= 4 is 11.9 Å². The van der Waals surface area contributed by atoms with Crippen LogP contribution in [0.3, 0.4) is 0 Å². The Morgan fingerprint density at radius 2 is 2.12 bits per heavy atom. The van der Waals surface area contributed by atoms with E-state index < -0.39 is 5.41 Å². The molecule has 0 bridgehead atoms. The highest BCUT2D eigenvalue weighted by Gasteiger charge is 2.26. The smallest absolute Gasteiger partial charge is 0.224 e. The molecule has 92 valence electrons. The second-order valence-corrected chi connectivity index (χ2v) is 4.86. The summed E-state index contributed by atoms with van der Waals surface area (Å²) < 4.78 is 0. The fourth-order valence-electron chi connectivity index (χ4n) is 1.10. The van der Waals surface area contributed by atoms with Gasteiger partial charge in [-0.15, -0.1) is 0 Å². The Morgan fingerprint density at radius 3 is 2.56 bits per heavy atom. The average Bonchev–Trinajstić information content (AvgIpc) is 2.98. The number of carbonyl (C=O) groups excluding carboxylic acids is 1. The lowest BCUT2D eigenvalue weighted by Gasteiger charge is -2.19. The first-order valence-electron chi connectivity index (χ1n) is 5.80. The van der Waals surface area contributed by atoms with Crippen molar-refractivity contribution in [2.75, 3.05) is 13.1 Å². The van der Waals surface area contributed by atoms with E-state index in [9.17, 15) is 4.79 Å². The van der Waals surface area contributed by atoms with Crippen LogP contribution in [-0.2, 0) is 4.79 Å². The Balaban J connectivity index is 2.51. The quantitative estimate of drug-likeness (QED) is 0.463. The fraction of sp³-hybridized carbons (Fsp3) is 0.818. The Hall–Kier alpha value is -1.26. The van der Waals surface area contributed by atoms with E-state index in [0.29, 0.717) is 12.6 Å². The van der Waals surface area contributed by atoms with Crippen LogP contribution in [0, 0.1) is 5.41 Å². The number of hydrogen-bond donors (Lipinski definition) is 3. The summed E-state index contributed by atoms with van der Waals surface area (Å²) in [5.41, 5.74) is 4.70. The third kappa shape index (κ3) is 4.08. The summed E-state index contributed by atoms with van der Waals surface area (Å²) in [5.74, 6) is 0.456. The lowest BCUT2D eigenvalue weighted by Crippen LogP contribution is -2.41. The summed E-state index contributed by atoms with van der Waals surface area (Å²) in [5, 5.41) is 6.44. The van der Waals surface area contributed by atoms with Gasteiger partial charge in [-0.2, -0.15) is 0 Å². The summed E-state index contributed by atoms with van der Waals surface area (Å²) in [6, 6.07) is 0.550. The van der Waals surface area contributed by atoms with Crippen molar-refractivity contribution in [3.8, 4) is 0 Å². The zero-order valence-corrected chi connectivity index (χ0v) is 10.3. The number of hydrogen-bond acceptors (Lipinski definition) is 2. The normalized spacial score (nSPS) is 17.1. The Bertz CT molecular complexity index is 282. The minimum absolute atomic E-state index is 0.321. The number of aliphatic imine (C=N–C) groups is 1. The van der Waals surface area contributed by atoms with Crippen molar-refractivity contribution in [3.63, 3.8) is 0 Å². The summed E-state index contributed by atoms with van der Waals surface area (Å²) in [6.45, 7) is 6.85. The summed E-state index contributed by atoms with van der Waals surface area (Å²) in [4.78, 5) is 15.5. The number of carbonyl (C=O) groups is 1. The van der Waals surface area contributed by atoms with E-state index >= 15 is 0 Å². The number of nitrogens with one attached hydrogen (secondary N) is 2. The number of primary amides is 1. The number of nitrogens with zero attached hydrogens (tertiary/aromatic N) is 1. The summed E-state index contributed by atoms with van der Waals surface area (Å²) in [7, 11) is 0. The first-order valence-corrected chi connectivity index (χ1v) is 5.80. The van der Waals surface area contributed by atoms with Gasteiger partial charge in [0.15, 0.2) is 5.96 Å². The van der Waals surface area contributed by atoms with Gasteiger partial charge in [0, 0.05) is 12.6 Å². The van der Waals surface area contributed by atoms with Gasteiger partial charge in [0.2, 0.25) is 5.91 Å². The molecule has 0 unspecified atom stereocenters. The molecule has 5 nitrogen and oxygen atoms in total. The molecule has 1 rings (SSSR count). The molecule has 1 saturated carbocycles. The highest BCUT2D eigenvalue weighted by atomic mass is 16.1. The first-order chi connectivity index (χ1) is 7.45. The molecule has 16 heavy (non-hydrogen) atoms. The maximum atomic E-state index is 11.1. The van der Waals surface area contributed by atoms with Crippen LogP contribution in [0.4, 0.5) is 0 Å². The maximum Gasteiger partial charge on any atom is 0.224 e. The van der Waals surface area contributed by atoms with E-state index in [4.69, 9.17) is 5.73 Å². The van der Waals surface area contributed by atoms with Crippen LogP contribution in [0.2, 0.25) is 0 Å². The molecular weight excluding hydrogens is 204 g/mol. The summed E-state index contributed by atoms with van der Waals surface area (Å²) >= 11 is 0. The highest BCUT2D eigenvalue weighted by Crippen LogP contribution is 2.18. The molecule has 0 heterocycles. The van der Waals surface area contributed by atoms with Crippen molar-refractivity contribution in [1.29, 1.82) is 0 Å². The van der Waals surface area contributed by atoms with E-state index in [2.05, 4.69) is 15.6 Å². The van der Waals surface area contributed by atoms with Gasteiger partial charge in [-0.25, -0.2) is 0 Å². The zero-order valence-electron chi connectivity index (χ0n) is 10.3. The van der Waals surface area contributed by atoms with Crippen LogP contribution in [0.25, 0.3) is 0 Å². The molecule has 4 N–H and O–H groups in total. The highest BCUT2D eigenvalue weighted by molar-refractivity contribution is 5.82. The van der Waals surface area contributed by atoms with Gasteiger partial charge < -0.3 is 16.4 Å². The molecule has 5 heteroatoms. The third-order valence-corrected chi connectivity index (χ3v) is 2.56. The number of rotatable bonds is 5. The molecule has 0 atom stereocenters. The molecule has 1 fully saturated rings. The van der Waals surface area contributed by atoms with Crippen LogP contribution in [0.15, 0.2) is 4.99 Å². The van der Waals surface area contributed by atoms with Gasteiger partial charge in [-0.3, -0.25) is 9.79 Å². The van der Waals surface area contributed by atoms with Gasteiger partial charge in [0.05, 0.1) is 12.0 Å². The van der Waals surface area contributed by atoms with Gasteiger partial charge in [-0.1, -0.05) is 0 Å². The molecule has 0 saturated heterocycles. The maximum absolute atomic E-state index is 11.1. The predicted molar refractivity (Wildman–Crippen MR) is 65.1 cm³/mol. The molecule has 1 amide bonds. The predicted octanol–water partition coefficient (Wildman–Crippen LogP) is 0.215. The van der Waals surface area contributed by atoms with Crippen LogP contribution in [-0.4, -0.2) is 31.0 Å². The van der Waals surface area contributed by atoms with E-state index in [1.165, 1.54) is 12.8 Å². The molecule has 1 aliphatic rings. The van der Waals surface area contributed by atoms with Crippen molar-refractivity contribution in [2.45, 2.75) is 39.7 Å². The minimum Gasteiger partial charge on any atom is -0.369 e. The molecule has 0 spiro atoms. The lowest BCUT2D eigenvalue weighted by molar-refractivity contribution is -0.125. The van der Waals surface area contributed by atoms with Crippen molar-refractivity contribution in [2.24, 2.45) is 16.1 Å². The molecule has 0 radical (unpaired) electrons. The molecule has 0 aromatic carbocycles. The van der Waals surface area contributed by atoms with Gasteiger partial charge in [0.25, 0.3) is 0 Å². The molecule has 1 aliphatic carbocycles. The Labute approximate surface area is 96.9 Å². The Kier molecular flexibility index (Phi) is 4.15. The van der Waals surface area contributed by atoms with Crippen molar-refractivity contribution in [1.82, 2.24) is 10.6 Å².